The zero-order valence-electron chi connectivity index (χ0n) is 25.8. The topological polar surface area (TPSA) is 64.6 Å². The van der Waals surface area contributed by atoms with Gasteiger partial charge in [0, 0.05) is 15.6 Å². The fourth-order valence-electron chi connectivity index (χ4n) is 5.52. The van der Waals surface area contributed by atoms with Crippen molar-refractivity contribution >= 4 is 37.5 Å². The number of fused-ring (bicyclic) bond motifs is 7. The predicted molar refractivity (Wildman–Crippen MR) is 184 cm³/mol. The minimum absolute atomic E-state index is 0.231. The van der Waals surface area contributed by atoms with Crippen LogP contribution in [0.25, 0.3) is 32.7 Å². The van der Waals surface area contributed by atoms with Crippen molar-refractivity contribution in [3.63, 3.8) is 0 Å². The first-order valence-electron chi connectivity index (χ1n) is 15.7. The molecule has 1 heterocycles. The molecule has 0 N–H and O–H groups in total. The molecule has 8 heteroatoms. The summed E-state index contributed by atoms with van der Waals surface area (Å²) in [6, 6.07) is 33.0. The molecule has 0 atom stereocenters. The van der Waals surface area contributed by atoms with E-state index in [1.165, 1.54) is 0 Å². The van der Waals surface area contributed by atoms with Crippen molar-refractivity contribution in [1.29, 1.82) is 0 Å². The number of hydrogen-bond acceptors (Lipinski definition) is 7. The Bertz CT molecular complexity index is 1610. The standard InChI is InChI=1S/C38H39BrO7/c39-34-12-6-3-9-30(34)25-46-31-26-42-19-17-40-21-23-44-35-15-13-28-7-1-4-10-32(28)37(35)38-33-11-5-2-8-29(33)14-16-36(38)45-24-22-41-18-20-43-27-31/h1-16,31H,17-27H2. The Hall–Kier alpha value is -3.50. The van der Waals surface area contributed by atoms with Gasteiger partial charge in [-0.05, 0) is 45.3 Å². The van der Waals surface area contributed by atoms with E-state index < -0.39 is 0 Å². The predicted octanol–water partition coefficient (Wildman–Crippen LogP) is 7.85. The van der Waals surface area contributed by atoms with Gasteiger partial charge in [0.2, 0.25) is 0 Å². The Balaban J connectivity index is 1.19. The van der Waals surface area contributed by atoms with Crippen LogP contribution in [0.3, 0.4) is 0 Å². The van der Waals surface area contributed by atoms with Gasteiger partial charge in [0.05, 0.1) is 59.5 Å². The maximum absolute atomic E-state index is 6.41. The van der Waals surface area contributed by atoms with E-state index in [1.807, 2.05) is 36.4 Å². The number of halogens is 1. The van der Waals surface area contributed by atoms with Crippen LogP contribution in [0.15, 0.2) is 102 Å². The third-order valence-corrected chi connectivity index (χ3v) is 8.56. The molecule has 0 unspecified atom stereocenters. The first kappa shape index (κ1) is 32.4. The number of benzene rings is 5. The fourth-order valence-corrected chi connectivity index (χ4v) is 5.92. The van der Waals surface area contributed by atoms with Crippen molar-refractivity contribution < 1.29 is 33.2 Å². The quantitative estimate of drug-likeness (QED) is 0.192. The van der Waals surface area contributed by atoms with Crippen LogP contribution in [-0.4, -0.2) is 72.2 Å². The largest absolute Gasteiger partial charge is 0.491 e. The molecule has 0 radical (unpaired) electrons. The molecule has 0 aliphatic carbocycles. The highest BCUT2D eigenvalue weighted by Crippen LogP contribution is 2.45. The van der Waals surface area contributed by atoms with E-state index >= 15 is 0 Å². The van der Waals surface area contributed by atoms with Crippen LogP contribution in [0.2, 0.25) is 0 Å². The van der Waals surface area contributed by atoms with Gasteiger partial charge in [-0.2, -0.15) is 0 Å². The van der Waals surface area contributed by atoms with Crippen LogP contribution in [-0.2, 0) is 30.3 Å². The van der Waals surface area contributed by atoms with Crippen LogP contribution in [0.1, 0.15) is 5.56 Å². The second-order valence-electron chi connectivity index (χ2n) is 10.9. The summed E-state index contributed by atoms with van der Waals surface area (Å²) in [4.78, 5) is 0. The van der Waals surface area contributed by atoms with Crippen LogP contribution >= 0.6 is 15.9 Å². The molecule has 0 aromatic heterocycles. The van der Waals surface area contributed by atoms with Gasteiger partial charge in [0.1, 0.15) is 30.8 Å². The highest BCUT2D eigenvalue weighted by Gasteiger charge is 2.19. The van der Waals surface area contributed by atoms with Crippen molar-refractivity contribution in [1.82, 2.24) is 0 Å². The average molecular weight is 688 g/mol. The van der Waals surface area contributed by atoms with Crippen molar-refractivity contribution in [2.24, 2.45) is 0 Å². The van der Waals surface area contributed by atoms with Gasteiger partial charge in [-0.25, -0.2) is 0 Å². The van der Waals surface area contributed by atoms with E-state index in [1.54, 1.807) is 0 Å². The zero-order valence-corrected chi connectivity index (χ0v) is 27.4. The Morgan fingerprint density at radius 3 is 1.57 bits per heavy atom. The van der Waals surface area contributed by atoms with Gasteiger partial charge < -0.3 is 33.2 Å². The number of rotatable bonds is 3. The summed E-state index contributed by atoms with van der Waals surface area (Å²) in [5.74, 6) is 1.56. The smallest absolute Gasteiger partial charge is 0.128 e. The summed E-state index contributed by atoms with van der Waals surface area (Å²) >= 11 is 3.59. The molecule has 6 rings (SSSR count). The molecule has 46 heavy (non-hydrogen) atoms. The average Bonchev–Trinajstić information content (AvgIpc) is 3.09. The molecular weight excluding hydrogens is 648 g/mol. The van der Waals surface area contributed by atoms with Crippen molar-refractivity contribution in [2.75, 3.05) is 66.1 Å². The maximum Gasteiger partial charge on any atom is 0.128 e. The monoisotopic (exact) mass is 686 g/mol. The summed E-state index contributed by atoms with van der Waals surface area (Å²) in [5.41, 5.74) is 3.07. The van der Waals surface area contributed by atoms with E-state index in [4.69, 9.17) is 33.2 Å². The molecular formula is C38H39BrO7. The Kier molecular flexibility index (Phi) is 11.9. The summed E-state index contributed by atoms with van der Waals surface area (Å²) in [7, 11) is 0. The molecule has 0 bridgehead atoms. The first-order chi connectivity index (χ1) is 22.8. The lowest BCUT2D eigenvalue weighted by Crippen LogP contribution is -2.27. The van der Waals surface area contributed by atoms with E-state index in [2.05, 4.69) is 76.6 Å². The van der Waals surface area contributed by atoms with Crippen LogP contribution in [0.4, 0.5) is 0 Å². The molecule has 7 nitrogen and oxygen atoms in total. The Morgan fingerprint density at radius 1 is 0.522 bits per heavy atom. The second-order valence-corrected chi connectivity index (χ2v) is 11.8. The summed E-state index contributed by atoms with van der Waals surface area (Å²) < 4.78 is 43.6. The van der Waals surface area contributed by atoms with Gasteiger partial charge in [0.25, 0.3) is 0 Å². The molecule has 1 aliphatic heterocycles. The van der Waals surface area contributed by atoms with Crippen molar-refractivity contribution in [3.05, 3.63) is 107 Å². The SMILES string of the molecule is Brc1ccccc1COC1COCCOCCOc2ccc3ccccc3c2-c2c(ccc3ccccc23)OCCOCCOC1. The summed E-state index contributed by atoms with van der Waals surface area (Å²) in [5, 5.41) is 4.45. The highest BCUT2D eigenvalue weighted by atomic mass is 79.9. The molecule has 5 aromatic rings. The highest BCUT2D eigenvalue weighted by molar-refractivity contribution is 9.10. The normalized spacial score (nSPS) is 16.5. The lowest BCUT2D eigenvalue weighted by Gasteiger charge is -2.20. The minimum Gasteiger partial charge on any atom is -0.491 e. The van der Waals surface area contributed by atoms with Gasteiger partial charge in [-0.3, -0.25) is 0 Å². The lowest BCUT2D eigenvalue weighted by atomic mass is 9.92. The molecule has 240 valence electrons. The van der Waals surface area contributed by atoms with E-state index in [0.717, 1.165) is 54.2 Å². The van der Waals surface area contributed by atoms with E-state index in [9.17, 15) is 0 Å². The van der Waals surface area contributed by atoms with Gasteiger partial charge in [-0.1, -0.05) is 94.8 Å². The van der Waals surface area contributed by atoms with Crippen LogP contribution in [0.5, 0.6) is 11.5 Å². The Labute approximate surface area is 278 Å². The summed E-state index contributed by atoms with van der Waals surface area (Å²) in [6.45, 7) is 4.66. The lowest BCUT2D eigenvalue weighted by molar-refractivity contribution is -0.0794. The third-order valence-electron chi connectivity index (χ3n) is 7.79. The number of ether oxygens (including phenoxy) is 7. The molecule has 0 spiro atoms. The third kappa shape index (κ3) is 8.45. The van der Waals surface area contributed by atoms with E-state index in [0.29, 0.717) is 72.7 Å². The molecule has 0 saturated carbocycles. The fraction of sp³-hybridized carbons (Fsp3) is 0.316. The molecule has 0 saturated heterocycles. The maximum atomic E-state index is 6.41. The minimum atomic E-state index is -0.231. The van der Waals surface area contributed by atoms with Crippen molar-refractivity contribution in [3.8, 4) is 22.6 Å². The van der Waals surface area contributed by atoms with Crippen LogP contribution < -0.4 is 9.47 Å². The summed E-state index contributed by atoms with van der Waals surface area (Å²) in [6.07, 6.45) is -0.231. The van der Waals surface area contributed by atoms with Crippen LogP contribution in [0, 0.1) is 0 Å². The van der Waals surface area contributed by atoms with Gasteiger partial charge >= 0.3 is 0 Å². The number of hydrogen-bond donors (Lipinski definition) is 0. The molecule has 5 aromatic carbocycles. The second kappa shape index (κ2) is 16.9. The molecule has 0 amide bonds. The zero-order chi connectivity index (χ0) is 31.4. The molecule has 1 aliphatic rings. The van der Waals surface area contributed by atoms with Crippen molar-refractivity contribution in [2.45, 2.75) is 12.7 Å². The van der Waals surface area contributed by atoms with E-state index in [-0.39, 0.29) is 6.10 Å². The van der Waals surface area contributed by atoms with Gasteiger partial charge in [0.15, 0.2) is 0 Å². The molecule has 0 fully saturated rings. The van der Waals surface area contributed by atoms with Gasteiger partial charge in [-0.15, -0.1) is 0 Å². The Morgan fingerprint density at radius 2 is 1.00 bits per heavy atom. The first-order valence-corrected chi connectivity index (χ1v) is 16.5.